The van der Waals surface area contributed by atoms with Crippen molar-refractivity contribution in [2.24, 2.45) is 23.0 Å². The van der Waals surface area contributed by atoms with E-state index in [9.17, 15) is 14.4 Å². The van der Waals surface area contributed by atoms with Gasteiger partial charge in [0.25, 0.3) is 0 Å². The minimum atomic E-state index is -0.780. The summed E-state index contributed by atoms with van der Waals surface area (Å²) in [4.78, 5) is 38.5. The molecular formula is C19H29N3O4. The average Bonchev–Trinajstić information content (AvgIpc) is 2.98. The summed E-state index contributed by atoms with van der Waals surface area (Å²) in [5.74, 6) is 0.380. The van der Waals surface area contributed by atoms with Crippen LogP contribution >= 0.6 is 0 Å². The number of fused-ring (bicyclic) bond motifs is 1. The molecule has 1 saturated heterocycles. The molecule has 1 aliphatic heterocycles. The summed E-state index contributed by atoms with van der Waals surface area (Å²) in [5, 5.41) is 2.73. The van der Waals surface area contributed by atoms with Crippen molar-refractivity contribution in [3.63, 3.8) is 0 Å². The van der Waals surface area contributed by atoms with Gasteiger partial charge in [-0.1, -0.05) is 33.3 Å². The summed E-state index contributed by atoms with van der Waals surface area (Å²) in [6, 6.07) is -1.38. The van der Waals surface area contributed by atoms with Crippen LogP contribution in [-0.4, -0.2) is 47.5 Å². The number of allylic oxidation sites excluding steroid dienone is 1. The summed E-state index contributed by atoms with van der Waals surface area (Å²) in [6.45, 7) is 8.27. The van der Waals surface area contributed by atoms with Crippen LogP contribution in [0.4, 0.5) is 4.79 Å². The molecule has 3 amide bonds. The quantitative estimate of drug-likeness (QED) is 0.740. The molecule has 26 heavy (non-hydrogen) atoms. The number of nitrogens with zero attached hydrogens (tertiary/aromatic N) is 1. The smallest absolute Gasteiger partial charge is 0.408 e. The summed E-state index contributed by atoms with van der Waals surface area (Å²) < 4.78 is 5.48. The third-order valence-corrected chi connectivity index (χ3v) is 5.81. The van der Waals surface area contributed by atoms with Gasteiger partial charge in [0, 0.05) is 6.54 Å². The predicted octanol–water partition coefficient (Wildman–Crippen LogP) is 1.57. The molecule has 0 aromatic rings. The van der Waals surface area contributed by atoms with Crippen LogP contribution < -0.4 is 11.1 Å². The van der Waals surface area contributed by atoms with Crippen LogP contribution in [0, 0.1) is 17.3 Å². The van der Waals surface area contributed by atoms with Crippen LogP contribution in [0.15, 0.2) is 11.6 Å². The van der Waals surface area contributed by atoms with E-state index in [0.29, 0.717) is 24.8 Å². The van der Waals surface area contributed by atoms with Crippen LogP contribution in [0.1, 0.15) is 47.0 Å². The normalized spacial score (nSPS) is 31.1. The summed E-state index contributed by atoms with van der Waals surface area (Å²) in [5.41, 5.74) is 6.27. The maximum Gasteiger partial charge on any atom is 0.408 e. The van der Waals surface area contributed by atoms with Crippen molar-refractivity contribution in [1.29, 1.82) is 0 Å². The van der Waals surface area contributed by atoms with Gasteiger partial charge in [0.2, 0.25) is 11.8 Å². The standard InChI is InChI=1S/C19H29N3O4/c1-10-12-8-11(9-13(10)12)26-18(25)21-15(19(2,3)4)17(24)22-7-5-6-14(22)16(20)23/h8,10-11,13-15H,5-7,9H2,1-4H3,(H2,20,23)(H,21,25)/t10-,11+,13-,14-,15+/m0/s1. The van der Waals surface area contributed by atoms with Crippen molar-refractivity contribution in [1.82, 2.24) is 10.2 Å². The third kappa shape index (κ3) is 3.57. The van der Waals surface area contributed by atoms with Gasteiger partial charge in [-0.05, 0) is 42.6 Å². The number of likely N-dealkylation sites (tertiary alicyclic amines) is 1. The first-order valence-corrected chi connectivity index (χ1v) is 9.38. The van der Waals surface area contributed by atoms with E-state index in [4.69, 9.17) is 10.5 Å². The van der Waals surface area contributed by atoms with E-state index >= 15 is 0 Å². The molecule has 2 aliphatic carbocycles. The van der Waals surface area contributed by atoms with E-state index < -0.39 is 29.5 Å². The SMILES string of the molecule is C[C@H]1C2=C[C@@H](OC(=O)N[C@H](C(=O)N3CCC[C@H]3C(N)=O)C(C)(C)C)C[C@H]21. The van der Waals surface area contributed by atoms with Crippen LogP contribution in [0.25, 0.3) is 0 Å². The molecule has 0 spiro atoms. The first-order valence-electron chi connectivity index (χ1n) is 9.38. The Morgan fingerprint density at radius 1 is 1.35 bits per heavy atom. The molecule has 7 nitrogen and oxygen atoms in total. The van der Waals surface area contributed by atoms with Crippen LogP contribution in [0.2, 0.25) is 0 Å². The largest absolute Gasteiger partial charge is 0.442 e. The molecule has 0 bridgehead atoms. The van der Waals surface area contributed by atoms with Crippen molar-refractivity contribution in [2.45, 2.75) is 65.1 Å². The fourth-order valence-corrected chi connectivity index (χ4v) is 4.16. The second-order valence-electron chi connectivity index (χ2n) is 8.78. The van der Waals surface area contributed by atoms with Crippen LogP contribution in [0.5, 0.6) is 0 Å². The van der Waals surface area contributed by atoms with Gasteiger partial charge >= 0.3 is 6.09 Å². The van der Waals surface area contributed by atoms with Crippen molar-refractivity contribution < 1.29 is 19.1 Å². The van der Waals surface area contributed by atoms with Crippen molar-refractivity contribution in [3.8, 4) is 0 Å². The number of hydrogen-bond acceptors (Lipinski definition) is 4. The van der Waals surface area contributed by atoms with Gasteiger partial charge in [0.15, 0.2) is 0 Å². The lowest BCUT2D eigenvalue weighted by Crippen LogP contribution is -2.57. The van der Waals surface area contributed by atoms with Crippen molar-refractivity contribution in [3.05, 3.63) is 11.6 Å². The second-order valence-corrected chi connectivity index (χ2v) is 8.78. The summed E-state index contributed by atoms with van der Waals surface area (Å²) in [7, 11) is 0. The number of primary amides is 1. The Hall–Kier alpha value is -2.05. The maximum absolute atomic E-state index is 13.0. The summed E-state index contributed by atoms with van der Waals surface area (Å²) >= 11 is 0. The Bertz CT molecular complexity index is 652. The first kappa shape index (κ1) is 18.7. The molecule has 3 aliphatic rings. The van der Waals surface area contributed by atoms with E-state index in [2.05, 4.69) is 12.2 Å². The zero-order chi connectivity index (χ0) is 19.2. The highest BCUT2D eigenvalue weighted by molar-refractivity contribution is 5.91. The number of rotatable bonds is 4. The molecule has 1 heterocycles. The molecular weight excluding hydrogens is 334 g/mol. The fourth-order valence-electron chi connectivity index (χ4n) is 4.16. The topological polar surface area (TPSA) is 102 Å². The highest BCUT2D eigenvalue weighted by atomic mass is 16.6. The molecule has 3 rings (SSSR count). The van der Waals surface area contributed by atoms with E-state index in [0.717, 1.165) is 12.8 Å². The van der Waals surface area contributed by atoms with Gasteiger partial charge in [-0.15, -0.1) is 0 Å². The number of amides is 3. The van der Waals surface area contributed by atoms with E-state index in [1.165, 1.54) is 10.5 Å². The molecule has 0 radical (unpaired) electrons. The monoisotopic (exact) mass is 363 g/mol. The van der Waals surface area contributed by atoms with Crippen LogP contribution in [0.3, 0.4) is 0 Å². The van der Waals surface area contributed by atoms with Gasteiger partial charge in [0.05, 0.1) is 0 Å². The Balaban J connectivity index is 1.64. The lowest BCUT2D eigenvalue weighted by molar-refractivity contribution is -0.141. The Morgan fingerprint density at radius 2 is 2.04 bits per heavy atom. The molecule has 0 unspecified atom stereocenters. The third-order valence-electron chi connectivity index (χ3n) is 5.81. The highest BCUT2D eigenvalue weighted by Crippen LogP contribution is 2.53. The maximum atomic E-state index is 13.0. The Morgan fingerprint density at radius 3 is 2.58 bits per heavy atom. The molecule has 0 aromatic heterocycles. The van der Waals surface area contributed by atoms with Gasteiger partial charge in [-0.25, -0.2) is 4.79 Å². The van der Waals surface area contributed by atoms with Crippen molar-refractivity contribution in [2.75, 3.05) is 6.54 Å². The minimum absolute atomic E-state index is 0.216. The Kier molecular flexibility index (Phi) is 4.75. The average molecular weight is 363 g/mol. The molecule has 1 saturated carbocycles. The van der Waals surface area contributed by atoms with E-state index in [1.807, 2.05) is 26.8 Å². The molecule has 2 fully saturated rings. The lowest BCUT2D eigenvalue weighted by atomic mass is 9.85. The van der Waals surface area contributed by atoms with E-state index in [1.54, 1.807) is 0 Å². The number of nitrogens with one attached hydrogen (secondary N) is 1. The molecule has 144 valence electrons. The fraction of sp³-hybridized carbons (Fsp3) is 0.737. The number of alkyl carbamates (subject to hydrolysis) is 1. The zero-order valence-electron chi connectivity index (χ0n) is 16.0. The number of carbonyl (C=O) groups is 3. The van der Waals surface area contributed by atoms with Gasteiger partial charge in [0.1, 0.15) is 18.2 Å². The van der Waals surface area contributed by atoms with Gasteiger partial charge < -0.3 is 20.7 Å². The predicted molar refractivity (Wildman–Crippen MR) is 95.9 cm³/mol. The van der Waals surface area contributed by atoms with Gasteiger partial charge in [-0.3, -0.25) is 9.59 Å². The molecule has 7 heteroatoms. The molecule has 0 aromatic carbocycles. The number of hydrogen-bond donors (Lipinski definition) is 2. The molecule has 3 N–H and O–H groups in total. The molecule has 5 atom stereocenters. The first-order chi connectivity index (χ1) is 12.1. The number of ether oxygens (including phenoxy) is 1. The summed E-state index contributed by atoms with van der Waals surface area (Å²) in [6.07, 6.45) is 3.34. The number of carbonyl (C=O) groups excluding carboxylic acids is 3. The minimum Gasteiger partial charge on any atom is -0.442 e. The van der Waals surface area contributed by atoms with Gasteiger partial charge in [-0.2, -0.15) is 0 Å². The number of nitrogens with two attached hydrogens (primary N) is 1. The van der Waals surface area contributed by atoms with Crippen molar-refractivity contribution >= 4 is 17.9 Å². The zero-order valence-corrected chi connectivity index (χ0v) is 16.0. The Labute approximate surface area is 154 Å². The lowest BCUT2D eigenvalue weighted by Gasteiger charge is -2.35. The van der Waals surface area contributed by atoms with Crippen LogP contribution in [-0.2, 0) is 14.3 Å². The second kappa shape index (κ2) is 6.59. The highest BCUT2D eigenvalue weighted by Gasteiger charge is 2.47. The van der Waals surface area contributed by atoms with E-state index in [-0.39, 0.29) is 12.0 Å².